The fraction of sp³-hybridized carbons (Fsp3) is 0.286. The highest BCUT2D eigenvalue weighted by molar-refractivity contribution is 9.11. The summed E-state index contributed by atoms with van der Waals surface area (Å²) >= 11 is 3.38. The number of aliphatic imine (C=N–C) groups is 1. The van der Waals surface area contributed by atoms with Crippen molar-refractivity contribution < 1.29 is 4.79 Å². The Labute approximate surface area is 110 Å². The second kappa shape index (κ2) is 6.36. The predicted molar refractivity (Wildman–Crippen MR) is 75.0 cm³/mol. The molecule has 0 aromatic carbocycles. The molecule has 1 aliphatic rings. The molecule has 0 radical (unpaired) electrons. The largest absolute Gasteiger partial charge is 0.298 e. The summed E-state index contributed by atoms with van der Waals surface area (Å²) in [4.78, 5) is 15.4. The SMILES string of the molecule is C#C\C=C(C=O)/C1=N\C(Br)=C/C(C)CC=C1C. The molecule has 0 aromatic rings. The van der Waals surface area contributed by atoms with Crippen molar-refractivity contribution in [3.8, 4) is 12.3 Å². The maximum absolute atomic E-state index is 11.0. The molecule has 0 aromatic heterocycles. The third-order valence-corrected chi connectivity index (χ3v) is 2.89. The summed E-state index contributed by atoms with van der Waals surface area (Å²) in [7, 11) is 0. The van der Waals surface area contributed by atoms with E-state index in [0.29, 0.717) is 17.2 Å². The Morgan fingerprint density at radius 1 is 1.71 bits per heavy atom. The van der Waals surface area contributed by atoms with Gasteiger partial charge in [-0.3, -0.25) is 4.79 Å². The smallest absolute Gasteiger partial charge is 0.152 e. The second-order valence-corrected chi connectivity index (χ2v) is 4.75. The molecule has 1 unspecified atom stereocenters. The normalized spacial score (nSPS) is 27.5. The van der Waals surface area contributed by atoms with E-state index in [-0.39, 0.29) is 0 Å². The van der Waals surface area contributed by atoms with Crippen LogP contribution < -0.4 is 0 Å². The Morgan fingerprint density at radius 2 is 2.41 bits per heavy atom. The first kappa shape index (κ1) is 13.7. The lowest BCUT2D eigenvalue weighted by molar-refractivity contribution is -0.104. The molecule has 0 bridgehead atoms. The number of rotatable bonds is 2. The molecule has 0 fully saturated rings. The van der Waals surface area contributed by atoms with E-state index in [9.17, 15) is 4.79 Å². The number of carbonyl (C=O) groups excluding carboxylic acids is 1. The topological polar surface area (TPSA) is 29.4 Å². The monoisotopic (exact) mass is 291 g/mol. The molecule has 88 valence electrons. The Hall–Kier alpha value is -1.40. The average Bonchev–Trinajstić information content (AvgIpc) is 2.29. The van der Waals surface area contributed by atoms with Crippen molar-refractivity contribution >= 4 is 27.9 Å². The highest BCUT2D eigenvalue weighted by Crippen LogP contribution is 2.21. The Bertz CT molecular complexity index is 475. The van der Waals surface area contributed by atoms with Gasteiger partial charge in [0.1, 0.15) is 4.61 Å². The number of hydrogen-bond donors (Lipinski definition) is 0. The molecule has 0 aliphatic carbocycles. The highest BCUT2D eigenvalue weighted by Gasteiger charge is 2.12. The number of aldehydes is 1. The maximum Gasteiger partial charge on any atom is 0.152 e. The second-order valence-electron chi connectivity index (χ2n) is 3.93. The van der Waals surface area contributed by atoms with Gasteiger partial charge in [0.2, 0.25) is 0 Å². The maximum atomic E-state index is 11.0. The van der Waals surface area contributed by atoms with Crippen LogP contribution in [0.1, 0.15) is 20.3 Å². The van der Waals surface area contributed by atoms with Gasteiger partial charge in [0.05, 0.1) is 5.71 Å². The van der Waals surface area contributed by atoms with Crippen molar-refractivity contribution in [2.24, 2.45) is 10.9 Å². The van der Waals surface area contributed by atoms with Gasteiger partial charge in [-0.2, -0.15) is 0 Å². The van der Waals surface area contributed by atoms with Crippen LogP contribution in [0.3, 0.4) is 0 Å². The summed E-state index contributed by atoms with van der Waals surface area (Å²) in [6.45, 7) is 4.05. The molecule has 2 nitrogen and oxygen atoms in total. The predicted octanol–water partition coefficient (Wildman–Crippen LogP) is 3.41. The number of nitrogens with zero attached hydrogens (tertiary/aromatic N) is 1. The summed E-state index contributed by atoms with van der Waals surface area (Å²) in [6, 6.07) is 0. The molecule has 0 amide bonds. The van der Waals surface area contributed by atoms with E-state index in [4.69, 9.17) is 6.42 Å². The zero-order valence-electron chi connectivity index (χ0n) is 9.90. The van der Waals surface area contributed by atoms with Crippen LogP contribution in [-0.2, 0) is 4.79 Å². The standard InChI is InChI=1S/C14H14BrNO/c1-4-5-12(9-17)14-11(3)7-6-10(2)8-13(15)16-14/h1,5,7-10H,6H2,2-3H3/b11-7?,12-5-,13-8-,16-14-. The first-order valence-electron chi connectivity index (χ1n) is 5.33. The van der Waals surface area contributed by atoms with Gasteiger partial charge >= 0.3 is 0 Å². The molecular formula is C14H14BrNO. The van der Waals surface area contributed by atoms with Crippen molar-refractivity contribution in [3.63, 3.8) is 0 Å². The lowest BCUT2D eigenvalue weighted by Gasteiger charge is -2.12. The Morgan fingerprint density at radius 3 is 3.00 bits per heavy atom. The summed E-state index contributed by atoms with van der Waals surface area (Å²) in [5, 5.41) is 0. The molecule has 1 aliphatic heterocycles. The van der Waals surface area contributed by atoms with E-state index in [1.165, 1.54) is 6.08 Å². The third kappa shape index (κ3) is 3.83. The van der Waals surface area contributed by atoms with E-state index >= 15 is 0 Å². The van der Waals surface area contributed by atoms with Gasteiger partial charge in [-0.25, -0.2) is 4.99 Å². The van der Waals surface area contributed by atoms with Crippen LogP contribution in [-0.4, -0.2) is 12.0 Å². The number of allylic oxidation sites excluding steroid dienone is 5. The van der Waals surface area contributed by atoms with Gasteiger partial charge in [0.15, 0.2) is 6.29 Å². The summed E-state index contributed by atoms with van der Waals surface area (Å²) in [5.41, 5.74) is 2.03. The van der Waals surface area contributed by atoms with Gasteiger partial charge in [-0.05, 0) is 46.8 Å². The minimum Gasteiger partial charge on any atom is -0.298 e. The lowest BCUT2D eigenvalue weighted by atomic mass is 9.99. The molecule has 1 atom stereocenters. The zero-order chi connectivity index (χ0) is 12.8. The zero-order valence-corrected chi connectivity index (χ0v) is 11.5. The van der Waals surface area contributed by atoms with Crippen LogP contribution in [0.4, 0.5) is 0 Å². The van der Waals surface area contributed by atoms with Crippen LogP contribution in [0.5, 0.6) is 0 Å². The summed E-state index contributed by atoms with van der Waals surface area (Å²) in [5.74, 6) is 2.78. The molecular weight excluding hydrogens is 278 g/mol. The van der Waals surface area contributed by atoms with Gasteiger partial charge in [0, 0.05) is 11.6 Å². The molecule has 1 rings (SSSR count). The van der Waals surface area contributed by atoms with Gasteiger partial charge in [-0.15, -0.1) is 6.42 Å². The van der Waals surface area contributed by atoms with Crippen LogP contribution >= 0.6 is 15.9 Å². The highest BCUT2D eigenvalue weighted by atomic mass is 79.9. The van der Waals surface area contributed by atoms with Crippen molar-refractivity contribution in [2.75, 3.05) is 0 Å². The minimum absolute atomic E-state index is 0.418. The first-order valence-corrected chi connectivity index (χ1v) is 6.12. The number of carbonyl (C=O) groups is 1. The molecule has 17 heavy (non-hydrogen) atoms. The fourth-order valence-electron chi connectivity index (χ4n) is 1.53. The summed E-state index contributed by atoms with van der Waals surface area (Å²) < 4.78 is 0.734. The van der Waals surface area contributed by atoms with Crippen molar-refractivity contribution in [3.05, 3.63) is 34.0 Å². The third-order valence-electron chi connectivity index (χ3n) is 2.45. The van der Waals surface area contributed by atoms with E-state index in [1.54, 1.807) is 0 Å². The quantitative estimate of drug-likeness (QED) is 0.332. The molecule has 1 heterocycles. The number of hydrogen-bond acceptors (Lipinski definition) is 2. The van der Waals surface area contributed by atoms with Crippen LogP contribution in [0.15, 0.2) is 39.0 Å². The van der Waals surface area contributed by atoms with E-state index in [1.807, 2.05) is 13.0 Å². The molecule has 0 N–H and O–H groups in total. The average molecular weight is 292 g/mol. The Kier molecular flexibility index (Phi) is 5.11. The molecule has 0 spiro atoms. The fourth-order valence-corrected chi connectivity index (χ4v) is 2.16. The van der Waals surface area contributed by atoms with E-state index < -0.39 is 0 Å². The van der Waals surface area contributed by atoms with Crippen LogP contribution in [0.25, 0.3) is 0 Å². The van der Waals surface area contributed by atoms with Gasteiger partial charge in [-0.1, -0.05) is 18.9 Å². The van der Waals surface area contributed by atoms with Crippen molar-refractivity contribution in [1.82, 2.24) is 0 Å². The van der Waals surface area contributed by atoms with Crippen LogP contribution in [0, 0.1) is 18.3 Å². The molecule has 0 saturated carbocycles. The van der Waals surface area contributed by atoms with Gasteiger partial charge in [0.25, 0.3) is 0 Å². The molecule has 0 saturated heterocycles. The number of halogens is 1. The van der Waals surface area contributed by atoms with Crippen LogP contribution in [0.2, 0.25) is 0 Å². The van der Waals surface area contributed by atoms with Crippen molar-refractivity contribution in [1.29, 1.82) is 0 Å². The molecule has 3 heteroatoms. The Balaban J connectivity index is 3.28. The van der Waals surface area contributed by atoms with Gasteiger partial charge < -0.3 is 0 Å². The van der Waals surface area contributed by atoms with E-state index in [2.05, 4.69) is 39.8 Å². The first-order chi connectivity index (χ1) is 8.08. The lowest BCUT2D eigenvalue weighted by Crippen LogP contribution is -2.08. The number of terminal acetylenes is 1. The van der Waals surface area contributed by atoms with E-state index in [0.717, 1.165) is 22.9 Å². The summed E-state index contributed by atoms with van der Waals surface area (Å²) in [6.07, 6.45) is 12.4. The minimum atomic E-state index is 0.418. The van der Waals surface area contributed by atoms with Crippen molar-refractivity contribution in [2.45, 2.75) is 20.3 Å².